The van der Waals surface area contributed by atoms with Crippen LogP contribution in [0.2, 0.25) is 0 Å². The van der Waals surface area contributed by atoms with E-state index in [4.69, 9.17) is 0 Å². The maximum atomic E-state index is 13.1. The summed E-state index contributed by atoms with van der Waals surface area (Å²) in [6.45, 7) is 0.532. The van der Waals surface area contributed by atoms with Crippen LogP contribution in [0.3, 0.4) is 0 Å². The largest absolute Gasteiger partial charge is 0.336 e. The third kappa shape index (κ3) is 2.51. The summed E-state index contributed by atoms with van der Waals surface area (Å²) in [5.41, 5.74) is 4.18. The third-order valence-electron chi connectivity index (χ3n) is 5.21. The number of pyridine rings is 1. The van der Waals surface area contributed by atoms with E-state index in [1.807, 2.05) is 54.6 Å². The Bertz CT molecular complexity index is 1240. The van der Waals surface area contributed by atoms with Gasteiger partial charge in [0, 0.05) is 11.1 Å². The fraction of sp³-hybridized carbons (Fsp3) is 0.136. The monoisotopic (exact) mass is 355 g/mol. The van der Waals surface area contributed by atoms with E-state index >= 15 is 0 Å². The number of hydrogen-bond acceptors (Lipinski definition) is 3. The molecule has 0 atom stereocenters. The number of rotatable bonds is 2. The Balaban J connectivity index is 1.69. The van der Waals surface area contributed by atoms with E-state index in [1.54, 1.807) is 10.9 Å². The van der Waals surface area contributed by atoms with Crippen molar-refractivity contribution in [1.82, 2.24) is 14.8 Å². The van der Waals surface area contributed by atoms with Crippen molar-refractivity contribution in [1.29, 1.82) is 0 Å². The molecule has 0 bridgehead atoms. The highest BCUT2D eigenvalue weighted by molar-refractivity contribution is 6.10. The zero-order valence-electron chi connectivity index (χ0n) is 14.6. The van der Waals surface area contributed by atoms with E-state index in [2.05, 4.69) is 10.1 Å². The van der Waals surface area contributed by atoms with Gasteiger partial charge in [-0.2, -0.15) is 5.10 Å². The van der Waals surface area contributed by atoms with Crippen LogP contribution in [0, 0.1) is 0 Å². The Morgan fingerprint density at radius 1 is 0.963 bits per heavy atom. The Morgan fingerprint density at radius 3 is 2.59 bits per heavy atom. The van der Waals surface area contributed by atoms with Crippen molar-refractivity contribution in [3.8, 4) is 0 Å². The summed E-state index contributed by atoms with van der Waals surface area (Å²) in [7, 11) is 0. The number of carbonyl (C=O) groups is 1. The second kappa shape index (κ2) is 6.06. The molecule has 0 aliphatic heterocycles. The van der Waals surface area contributed by atoms with Gasteiger partial charge in [-0.1, -0.05) is 54.6 Å². The molecule has 132 valence electrons. The number of aryl methyl sites for hydroxylation is 1. The number of H-pyrrole nitrogens is 1. The van der Waals surface area contributed by atoms with Crippen LogP contribution < -0.4 is 5.43 Å². The van der Waals surface area contributed by atoms with E-state index < -0.39 is 0 Å². The van der Waals surface area contributed by atoms with Gasteiger partial charge in [0.05, 0.1) is 23.8 Å². The summed E-state index contributed by atoms with van der Waals surface area (Å²) in [4.78, 5) is 29.4. The zero-order chi connectivity index (χ0) is 18.4. The van der Waals surface area contributed by atoms with Crippen molar-refractivity contribution >= 4 is 16.8 Å². The molecule has 0 radical (unpaired) electrons. The molecule has 5 rings (SSSR count). The molecule has 5 nitrogen and oxygen atoms in total. The Hall–Kier alpha value is -3.47. The maximum Gasteiger partial charge on any atom is 0.209 e. The lowest BCUT2D eigenvalue weighted by molar-refractivity contribution is 0.103. The molecule has 2 aromatic carbocycles. The first-order chi connectivity index (χ1) is 13.2. The molecule has 0 amide bonds. The van der Waals surface area contributed by atoms with E-state index in [9.17, 15) is 9.59 Å². The molecule has 2 heterocycles. The third-order valence-corrected chi connectivity index (χ3v) is 5.21. The number of carbonyl (C=O) groups excluding carboxylic acids is 1. The molecule has 5 heteroatoms. The molecule has 0 saturated carbocycles. The molecule has 4 aromatic rings. The second-order valence-electron chi connectivity index (χ2n) is 6.84. The van der Waals surface area contributed by atoms with Gasteiger partial charge in [0.15, 0.2) is 5.43 Å². The Kier molecular flexibility index (Phi) is 3.53. The fourth-order valence-electron chi connectivity index (χ4n) is 3.82. The molecule has 27 heavy (non-hydrogen) atoms. The fourth-order valence-corrected chi connectivity index (χ4v) is 3.82. The molecule has 0 fully saturated rings. The number of nitrogens with zero attached hydrogens (tertiary/aromatic N) is 2. The van der Waals surface area contributed by atoms with Crippen LogP contribution in [0.15, 0.2) is 65.6 Å². The highest BCUT2D eigenvalue weighted by Crippen LogP contribution is 2.23. The summed E-state index contributed by atoms with van der Waals surface area (Å²) >= 11 is 0. The van der Waals surface area contributed by atoms with Gasteiger partial charge in [-0.25, -0.2) is 4.68 Å². The summed E-state index contributed by atoms with van der Waals surface area (Å²) in [5, 5.41) is 4.92. The molecular formula is C22H17N3O2. The topological polar surface area (TPSA) is 67.8 Å². The Labute approximate surface area is 155 Å². The summed E-state index contributed by atoms with van der Waals surface area (Å²) in [6, 6.07) is 17.5. The van der Waals surface area contributed by atoms with Crippen LogP contribution in [-0.2, 0) is 19.4 Å². The molecule has 2 aromatic heterocycles. The van der Waals surface area contributed by atoms with Crippen molar-refractivity contribution in [2.75, 3.05) is 0 Å². The SMILES string of the molecule is O=C1c2ccccc2CCc2c1[nH]c1c(cnn1Cc1ccccc1)c2=O. The summed E-state index contributed by atoms with van der Waals surface area (Å²) in [6.07, 6.45) is 2.83. The molecule has 0 saturated heterocycles. The van der Waals surface area contributed by atoms with E-state index in [0.29, 0.717) is 47.2 Å². The number of nitrogens with one attached hydrogen (secondary N) is 1. The van der Waals surface area contributed by atoms with Crippen LogP contribution >= 0.6 is 0 Å². The molecular weight excluding hydrogens is 338 g/mol. The van der Waals surface area contributed by atoms with Gasteiger partial charge in [0.2, 0.25) is 5.78 Å². The van der Waals surface area contributed by atoms with Crippen molar-refractivity contribution in [3.05, 3.63) is 99.0 Å². The van der Waals surface area contributed by atoms with Gasteiger partial charge in [-0.3, -0.25) is 9.59 Å². The number of benzene rings is 2. The van der Waals surface area contributed by atoms with Gasteiger partial charge < -0.3 is 4.98 Å². The first-order valence-electron chi connectivity index (χ1n) is 8.99. The van der Waals surface area contributed by atoms with E-state index in [-0.39, 0.29) is 11.2 Å². The van der Waals surface area contributed by atoms with E-state index in [1.165, 1.54) is 0 Å². The average molecular weight is 355 g/mol. The molecule has 1 aliphatic carbocycles. The van der Waals surface area contributed by atoms with Crippen molar-refractivity contribution in [3.63, 3.8) is 0 Å². The van der Waals surface area contributed by atoms with Crippen LogP contribution in [0.4, 0.5) is 0 Å². The lowest BCUT2D eigenvalue weighted by Gasteiger charge is -2.08. The maximum absolute atomic E-state index is 13.1. The lowest BCUT2D eigenvalue weighted by atomic mass is 10.0. The Morgan fingerprint density at radius 2 is 1.74 bits per heavy atom. The standard InChI is InChI=1S/C22H17N3O2/c26-20-17-11-10-15-8-4-5-9-16(15)21(27)19(17)24-22-18(20)12-23-25(22)13-14-6-2-1-3-7-14/h1-9,12H,10-11,13H2,(H,24,26). The quantitative estimate of drug-likeness (QED) is 0.601. The normalized spacial score (nSPS) is 13.3. The predicted octanol–water partition coefficient (Wildman–Crippen LogP) is 3.10. The van der Waals surface area contributed by atoms with Gasteiger partial charge in [0.1, 0.15) is 5.65 Å². The van der Waals surface area contributed by atoms with Crippen LogP contribution in [0.25, 0.3) is 11.0 Å². The first-order valence-corrected chi connectivity index (χ1v) is 8.99. The highest BCUT2D eigenvalue weighted by atomic mass is 16.1. The molecule has 0 unspecified atom stereocenters. The molecule has 1 aliphatic rings. The van der Waals surface area contributed by atoms with Crippen LogP contribution in [-0.4, -0.2) is 20.5 Å². The lowest BCUT2D eigenvalue weighted by Crippen LogP contribution is -2.18. The number of aromatic amines is 1. The number of aromatic nitrogens is 3. The first kappa shape index (κ1) is 15.8. The van der Waals surface area contributed by atoms with E-state index in [0.717, 1.165) is 11.1 Å². The van der Waals surface area contributed by atoms with Gasteiger partial charge in [0.25, 0.3) is 0 Å². The summed E-state index contributed by atoms with van der Waals surface area (Å²) in [5.74, 6) is -0.121. The minimum atomic E-state index is -0.121. The van der Waals surface area contributed by atoms with Gasteiger partial charge in [-0.05, 0) is 24.0 Å². The van der Waals surface area contributed by atoms with Gasteiger partial charge in [-0.15, -0.1) is 0 Å². The smallest absolute Gasteiger partial charge is 0.209 e. The average Bonchev–Trinajstić information content (AvgIpc) is 3.04. The minimum absolute atomic E-state index is 0.0979. The molecule has 0 spiro atoms. The summed E-state index contributed by atoms with van der Waals surface area (Å²) < 4.78 is 1.75. The second-order valence-corrected chi connectivity index (χ2v) is 6.84. The number of hydrogen-bond donors (Lipinski definition) is 1. The highest BCUT2D eigenvalue weighted by Gasteiger charge is 2.25. The van der Waals surface area contributed by atoms with Crippen molar-refractivity contribution in [2.24, 2.45) is 0 Å². The zero-order valence-corrected chi connectivity index (χ0v) is 14.6. The molecule has 1 N–H and O–H groups in total. The van der Waals surface area contributed by atoms with Gasteiger partial charge >= 0.3 is 0 Å². The van der Waals surface area contributed by atoms with Crippen LogP contribution in [0.5, 0.6) is 0 Å². The minimum Gasteiger partial charge on any atom is -0.336 e. The van der Waals surface area contributed by atoms with Crippen LogP contribution in [0.1, 0.15) is 32.7 Å². The number of ketones is 1. The number of fused-ring (bicyclic) bond motifs is 3. The van der Waals surface area contributed by atoms with Crippen molar-refractivity contribution < 1.29 is 4.79 Å². The van der Waals surface area contributed by atoms with Crippen molar-refractivity contribution in [2.45, 2.75) is 19.4 Å². The predicted molar refractivity (Wildman–Crippen MR) is 103 cm³/mol.